The third-order valence-corrected chi connectivity index (χ3v) is 3.16. The SMILES string of the molecule is O=C(NCCc1nnc(-c2ccccc2F)o1)C1CC1. The number of nitrogens with one attached hydrogen (secondary N) is 1. The fourth-order valence-corrected chi connectivity index (χ4v) is 1.88. The standard InChI is InChI=1S/C14H14FN3O2/c15-11-4-2-1-3-10(11)14-18-17-12(20-14)7-8-16-13(19)9-5-6-9/h1-4,9H,5-8H2,(H,16,19). The van der Waals surface area contributed by atoms with Gasteiger partial charge in [-0.1, -0.05) is 12.1 Å². The Labute approximate surface area is 115 Å². The van der Waals surface area contributed by atoms with Crippen LogP contribution in [0.15, 0.2) is 28.7 Å². The summed E-state index contributed by atoms with van der Waals surface area (Å²) in [5, 5.41) is 10.5. The minimum atomic E-state index is -0.398. The molecule has 0 saturated heterocycles. The Bertz CT molecular complexity index is 622. The molecular weight excluding hydrogens is 261 g/mol. The molecule has 104 valence electrons. The first-order valence-electron chi connectivity index (χ1n) is 6.59. The summed E-state index contributed by atoms with van der Waals surface area (Å²) in [5.41, 5.74) is 0.285. The maximum absolute atomic E-state index is 13.6. The molecule has 0 aliphatic heterocycles. The van der Waals surface area contributed by atoms with Crippen molar-refractivity contribution in [2.45, 2.75) is 19.3 Å². The maximum Gasteiger partial charge on any atom is 0.250 e. The summed E-state index contributed by atoms with van der Waals surface area (Å²) in [5.74, 6) is 0.418. The van der Waals surface area contributed by atoms with E-state index in [0.29, 0.717) is 18.9 Å². The molecule has 0 spiro atoms. The number of halogens is 1. The highest BCUT2D eigenvalue weighted by molar-refractivity contribution is 5.80. The van der Waals surface area contributed by atoms with E-state index >= 15 is 0 Å². The Morgan fingerprint density at radius 2 is 2.15 bits per heavy atom. The lowest BCUT2D eigenvalue weighted by Crippen LogP contribution is -2.26. The van der Waals surface area contributed by atoms with E-state index in [1.54, 1.807) is 18.2 Å². The highest BCUT2D eigenvalue weighted by Crippen LogP contribution is 2.28. The van der Waals surface area contributed by atoms with Gasteiger partial charge in [0.2, 0.25) is 11.8 Å². The number of aromatic nitrogens is 2. The predicted molar refractivity (Wildman–Crippen MR) is 69.1 cm³/mol. The molecule has 0 bridgehead atoms. The molecule has 6 heteroatoms. The molecule has 1 fully saturated rings. The quantitative estimate of drug-likeness (QED) is 0.905. The Kier molecular flexibility index (Phi) is 3.45. The van der Waals surface area contributed by atoms with Gasteiger partial charge in [0.1, 0.15) is 5.82 Å². The van der Waals surface area contributed by atoms with Gasteiger partial charge >= 0.3 is 0 Å². The van der Waals surface area contributed by atoms with Crippen molar-refractivity contribution in [3.63, 3.8) is 0 Å². The van der Waals surface area contributed by atoms with Crippen molar-refractivity contribution >= 4 is 5.91 Å². The highest BCUT2D eigenvalue weighted by Gasteiger charge is 2.29. The second-order valence-electron chi connectivity index (χ2n) is 4.80. The van der Waals surface area contributed by atoms with Gasteiger partial charge < -0.3 is 9.73 Å². The number of rotatable bonds is 5. The van der Waals surface area contributed by atoms with Crippen molar-refractivity contribution < 1.29 is 13.6 Å². The summed E-state index contributed by atoms with van der Waals surface area (Å²) in [6.45, 7) is 0.453. The number of hydrogen-bond acceptors (Lipinski definition) is 4. The molecule has 1 aliphatic rings. The molecule has 20 heavy (non-hydrogen) atoms. The van der Waals surface area contributed by atoms with Crippen LogP contribution in [0.4, 0.5) is 4.39 Å². The molecule has 0 radical (unpaired) electrons. The van der Waals surface area contributed by atoms with Gasteiger partial charge in [0.05, 0.1) is 5.56 Å². The van der Waals surface area contributed by atoms with Crippen molar-refractivity contribution in [2.75, 3.05) is 6.54 Å². The van der Waals surface area contributed by atoms with E-state index in [1.807, 2.05) is 0 Å². The van der Waals surface area contributed by atoms with Crippen LogP contribution in [0.5, 0.6) is 0 Å². The van der Waals surface area contributed by atoms with E-state index < -0.39 is 5.82 Å². The van der Waals surface area contributed by atoms with Crippen LogP contribution in [0.3, 0.4) is 0 Å². The third-order valence-electron chi connectivity index (χ3n) is 3.16. The van der Waals surface area contributed by atoms with E-state index in [2.05, 4.69) is 15.5 Å². The van der Waals surface area contributed by atoms with Crippen LogP contribution in [-0.2, 0) is 11.2 Å². The largest absolute Gasteiger partial charge is 0.421 e. The lowest BCUT2D eigenvalue weighted by atomic mass is 10.2. The predicted octanol–water partition coefficient (Wildman–Crippen LogP) is 1.94. The highest BCUT2D eigenvalue weighted by atomic mass is 19.1. The van der Waals surface area contributed by atoms with Crippen molar-refractivity contribution in [1.82, 2.24) is 15.5 Å². The molecule has 0 atom stereocenters. The van der Waals surface area contributed by atoms with Crippen LogP contribution in [-0.4, -0.2) is 22.6 Å². The second kappa shape index (κ2) is 5.40. The fourth-order valence-electron chi connectivity index (χ4n) is 1.88. The van der Waals surface area contributed by atoms with Crippen molar-refractivity contribution in [3.8, 4) is 11.5 Å². The van der Waals surface area contributed by atoms with Crippen LogP contribution >= 0.6 is 0 Å². The Morgan fingerprint density at radius 1 is 1.35 bits per heavy atom. The number of nitrogens with zero attached hydrogens (tertiary/aromatic N) is 2. The third kappa shape index (κ3) is 2.84. The summed E-state index contributed by atoms with van der Waals surface area (Å²) < 4.78 is 18.9. The van der Waals surface area contributed by atoms with Crippen LogP contribution in [0.25, 0.3) is 11.5 Å². The van der Waals surface area contributed by atoms with Crippen LogP contribution < -0.4 is 5.32 Å². The first-order valence-corrected chi connectivity index (χ1v) is 6.59. The normalized spacial score (nSPS) is 14.2. The van der Waals surface area contributed by atoms with Gasteiger partial charge in [0.15, 0.2) is 0 Å². The average Bonchev–Trinajstić information content (AvgIpc) is 3.20. The second-order valence-corrected chi connectivity index (χ2v) is 4.80. The summed E-state index contributed by atoms with van der Waals surface area (Å²) in [7, 11) is 0. The molecule has 1 saturated carbocycles. The van der Waals surface area contributed by atoms with E-state index in [-0.39, 0.29) is 23.3 Å². The summed E-state index contributed by atoms with van der Waals surface area (Å²) >= 11 is 0. The number of carbonyl (C=O) groups is 1. The van der Waals surface area contributed by atoms with Gasteiger partial charge in [-0.05, 0) is 25.0 Å². The van der Waals surface area contributed by atoms with E-state index in [0.717, 1.165) is 12.8 Å². The Morgan fingerprint density at radius 3 is 2.90 bits per heavy atom. The van der Waals surface area contributed by atoms with E-state index in [9.17, 15) is 9.18 Å². The average molecular weight is 275 g/mol. The monoisotopic (exact) mass is 275 g/mol. The van der Waals surface area contributed by atoms with E-state index in [1.165, 1.54) is 6.07 Å². The zero-order valence-electron chi connectivity index (χ0n) is 10.8. The first kappa shape index (κ1) is 12.8. The molecule has 1 amide bonds. The van der Waals surface area contributed by atoms with Crippen molar-refractivity contribution in [2.24, 2.45) is 5.92 Å². The molecule has 0 unspecified atom stereocenters. The van der Waals surface area contributed by atoms with Gasteiger partial charge in [0, 0.05) is 18.9 Å². The molecule has 1 N–H and O–H groups in total. The topological polar surface area (TPSA) is 68.0 Å². The van der Waals surface area contributed by atoms with Gasteiger partial charge in [0.25, 0.3) is 5.89 Å². The minimum Gasteiger partial charge on any atom is -0.421 e. The smallest absolute Gasteiger partial charge is 0.250 e. The number of amides is 1. The zero-order valence-corrected chi connectivity index (χ0v) is 10.8. The minimum absolute atomic E-state index is 0.0823. The van der Waals surface area contributed by atoms with Crippen molar-refractivity contribution in [1.29, 1.82) is 0 Å². The molecule has 3 rings (SSSR count). The maximum atomic E-state index is 13.6. The molecule has 1 aromatic heterocycles. The first-order chi connectivity index (χ1) is 9.74. The molecule has 1 aliphatic carbocycles. The fraction of sp³-hybridized carbons (Fsp3) is 0.357. The lowest BCUT2D eigenvalue weighted by molar-refractivity contribution is -0.122. The summed E-state index contributed by atoms with van der Waals surface area (Å²) in [6, 6.07) is 6.23. The molecule has 1 heterocycles. The molecular formula is C14H14FN3O2. The Hall–Kier alpha value is -2.24. The van der Waals surface area contributed by atoms with Gasteiger partial charge in [-0.3, -0.25) is 4.79 Å². The van der Waals surface area contributed by atoms with Crippen LogP contribution in [0, 0.1) is 11.7 Å². The van der Waals surface area contributed by atoms with Crippen molar-refractivity contribution in [3.05, 3.63) is 36.0 Å². The number of benzene rings is 1. The number of carbonyl (C=O) groups excluding carboxylic acids is 1. The summed E-state index contributed by atoms with van der Waals surface area (Å²) in [6.07, 6.45) is 2.40. The zero-order chi connectivity index (χ0) is 13.9. The molecule has 5 nitrogen and oxygen atoms in total. The summed E-state index contributed by atoms with van der Waals surface area (Å²) in [4.78, 5) is 11.4. The molecule has 1 aromatic carbocycles. The van der Waals surface area contributed by atoms with E-state index in [4.69, 9.17) is 4.42 Å². The Balaban J connectivity index is 1.59. The van der Waals surface area contributed by atoms with Crippen LogP contribution in [0.1, 0.15) is 18.7 Å². The van der Waals surface area contributed by atoms with Gasteiger partial charge in [-0.2, -0.15) is 0 Å². The molecule has 2 aromatic rings. The lowest BCUT2D eigenvalue weighted by Gasteiger charge is -2.00. The van der Waals surface area contributed by atoms with Gasteiger partial charge in [-0.15, -0.1) is 10.2 Å². The number of hydrogen-bond donors (Lipinski definition) is 1. The van der Waals surface area contributed by atoms with Gasteiger partial charge in [-0.25, -0.2) is 4.39 Å². The van der Waals surface area contributed by atoms with Crippen LogP contribution in [0.2, 0.25) is 0 Å².